The first-order valence-electron chi connectivity index (χ1n) is 6.45. The molecule has 0 saturated heterocycles. The molecule has 6 nitrogen and oxygen atoms in total. The third-order valence-electron chi connectivity index (χ3n) is 2.95. The van der Waals surface area contributed by atoms with Crippen molar-refractivity contribution >= 4 is 28.7 Å². The Morgan fingerprint density at radius 1 is 1.37 bits per heavy atom. The van der Waals surface area contributed by atoms with Crippen LogP contribution in [-0.2, 0) is 6.54 Å². The maximum Gasteiger partial charge on any atom is 0.165 e. The third-order valence-corrected chi connectivity index (χ3v) is 4.28. The molecule has 0 aliphatic heterocycles. The molecule has 2 rings (SSSR count). The lowest BCUT2D eigenvalue weighted by atomic mass is 10.3. The first-order valence-corrected chi connectivity index (χ1v) is 7.50. The van der Waals surface area contributed by atoms with Crippen LogP contribution in [0.3, 0.4) is 0 Å². The van der Waals surface area contributed by atoms with Crippen molar-refractivity contribution in [3.63, 3.8) is 0 Å². The van der Waals surface area contributed by atoms with Crippen LogP contribution in [0.25, 0.3) is 11.2 Å². The van der Waals surface area contributed by atoms with Crippen LogP contribution in [0.4, 0.5) is 5.82 Å². The molecule has 0 radical (unpaired) electrons. The molecule has 0 spiro atoms. The van der Waals surface area contributed by atoms with Gasteiger partial charge in [-0.3, -0.25) is 0 Å². The molecule has 19 heavy (non-hydrogen) atoms. The minimum Gasteiger partial charge on any atom is -0.382 e. The second-order valence-electron chi connectivity index (χ2n) is 4.48. The van der Waals surface area contributed by atoms with E-state index < -0.39 is 0 Å². The number of nitrogens with zero attached hydrogens (tertiary/aromatic N) is 4. The number of hydrogen-bond acceptors (Lipinski definition) is 6. The summed E-state index contributed by atoms with van der Waals surface area (Å²) in [6, 6.07) is 0. The van der Waals surface area contributed by atoms with Crippen LogP contribution in [0, 0.1) is 0 Å². The molecule has 0 amide bonds. The molecule has 2 aromatic rings. The van der Waals surface area contributed by atoms with Gasteiger partial charge in [-0.1, -0.05) is 6.92 Å². The van der Waals surface area contributed by atoms with Crippen LogP contribution in [0.5, 0.6) is 0 Å². The van der Waals surface area contributed by atoms with Crippen LogP contribution in [0.1, 0.15) is 19.8 Å². The zero-order valence-corrected chi connectivity index (χ0v) is 11.9. The number of aromatic nitrogens is 4. The van der Waals surface area contributed by atoms with Crippen LogP contribution in [-0.4, -0.2) is 37.1 Å². The van der Waals surface area contributed by atoms with Gasteiger partial charge in [-0.2, -0.15) is 11.8 Å². The van der Waals surface area contributed by atoms with Gasteiger partial charge in [0, 0.05) is 11.8 Å². The van der Waals surface area contributed by atoms with Gasteiger partial charge in [0.05, 0.1) is 6.33 Å². The number of hydrogen-bond donors (Lipinski definition) is 2. The molecule has 0 aromatic carbocycles. The predicted octanol–water partition coefficient (Wildman–Crippen LogP) is 1.27. The molecular weight excluding hydrogens is 260 g/mol. The van der Waals surface area contributed by atoms with E-state index in [0.29, 0.717) is 16.6 Å². The number of imidazole rings is 1. The van der Waals surface area contributed by atoms with Crippen LogP contribution < -0.4 is 11.5 Å². The van der Waals surface area contributed by atoms with Gasteiger partial charge in [-0.05, 0) is 25.1 Å². The molecule has 2 aromatic heterocycles. The van der Waals surface area contributed by atoms with Gasteiger partial charge >= 0.3 is 0 Å². The number of nitrogens with two attached hydrogens (primary N) is 2. The first kappa shape index (κ1) is 14.1. The number of nitrogen functional groups attached to an aromatic ring is 1. The number of fused-ring (bicyclic) bond motifs is 1. The summed E-state index contributed by atoms with van der Waals surface area (Å²) in [5.74, 6) is 1.55. The molecule has 0 aliphatic rings. The van der Waals surface area contributed by atoms with Gasteiger partial charge in [-0.15, -0.1) is 0 Å². The van der Waals surface area contributed by atoms with Crippen molar-refractivity contribution in [2.75, 3.05) is 18.0 Å². The Kier molecular flexibility index (Phi) is 4.98. The van der Waals surface area contributed by atoms with Crippen LogP contribution >= 0.6 is 11.8 Å². The number of rotatable bonds is 7. The van der Waals surface area contributed by atoms with E-state index in [4.69, 9.17) is 11.5 Å². The summed E-state index contributed by atoms with van der Waals surface area (Å²) >= 11 is 1.96. The fraction of sp³-hybridized carbons (Fsp3) is 0.583. The Balaban J connectivity index is 1.87. The predicted molar refractivity (Wildman–Crippen MR) is 79.9 cm³/mol. The summed E-state index contributed by atoms with van der Waals surface area (Å²) < 4.78 is 2.03. The highest BCUT2D eigenvalue weighted by molar-refractivity contribution is 7.99. The fourth-order valence-electron chi connectivity index (χ4n) is 1.90. The Hall–Kier alpha value is -1.34. The molecule has 0 fully saturated rings. The highest BCUT2D eigenvalue weighted by Crippen LogP contribution is 2.17. The van der Waals surface area contributed by atoms with Crippen molar-refractivity contribution in [2.24, 2.45) is 5.73 Å². The first-order chi connectivity index (χ1) is 9.22. The van der Waals surface area contributed by atoms with Gasteiger partial charge < -0.3 is 16.0 Å². The largest absolute Gasteiger partial charge is 0.382 e. The average Bonchev–Trinajstić information content (AvgIpc) is 2.80. The minimum absolute atomic E-state index is 0.440. The van der Waals surface area contributed by atoms with Gasteiger partial charge in [0.25, 0.3) is 0 Å². The molecule has 1 atom stereocenters. The lowest BCUT2D eigenvalue weighted by Crippen LogP contribution is -2.08. The van der Waals surface area contributed by atoms with Gasteiger partial charge in [0.15, 0.2) is 11.5 Å². The van der Waals surface area contributed by atoms with Crippen molar-refractivity contribution in [2.45, 2.75) is 31.6 Å². The van der Waals surface area contributed by atoms with Gasteiger partial charge in [-0.25, -0.2) is 15.0 Å². The summed E-state index contributed by atoms with van der Waals surface area (Å²) in [6.07, 6.45) is 5.41. The summed E-state index contributed by atoms with van der Waals surface area (Å²) in [6.45, 7) is 3.88. The van der Waals surface area contributed by atoms with E-state index >= 15 is 0 Å². The molecule has 2 heterocycles. The number of aryl methyl sites for hydroxylation is 1. The topological polar surface area (TPSA) is 95.6 Å². The number of thioether (sulfide) groups is 1. The molecule has 0 saturated carbocycles. The Morgan fingerprint density at radius 3 is 3.00 bits per heavy atom. The van der Waals surface area contributed by atoms with E-state index in [1.807, 2.05) is 16.3 Å². The Labute approximate surface area is 117 Å². The smallest absolute Gasteiger partial charge is 0.165 e. The lowest BCUT2D eigenvalue weighted by molar-refractivity contribution is 0.694. The van der Waals surface area contributed by atoms with Gasteiger partial charge in [0.2, 0.25) is 0 Å². The molecular formula is C12H20N6S. The lowest BCUT2D eigenvalue weighted by Gasteiger charge is -2.09. The zero-order chi connectivity index (χ0) is 13.7. The SMILES string of the molecule is CC(CCN)SCCCn1cnc2c(N)ncnc21. The van der Waals surface area contributed by atoms with E-state index in [0.717, 1.165) is 37.3 Å². The number of anilines is 1. The van der Waals surface area contributed by atoms with Crippen molar-refractivity contribution in [3.8, 4) is 0 Å². The minimum atomic E-state index is 0.440. The Bertz CT molecular complexity index is 526. The highest BCUT2D eigenvalue weighted by atomic mass is 32.2. The molecule has 4 N–H and O–H groups in total. The van der Waals surface area contributed by atoms with Crippen molar-refractivity contribution in [1.29, 1.82) is 0 Å². The second-order valence-corrected chi connectivity index (χ2v) is 6.03. The summed E-state index contributed by atoms with van der Waals surface area (Å²) in [7, 11) is 0. The monoisotopic (exact) mass is 280 g/mol. The van der Waals surface area contributed by atoms with Gasteiger partial charge in [0.1, 0.15) is 11.8 Å². The van der Waals surface area contributed by atoms with Crippen molar-refractivity contribution < 1.29 is 0 Å². The quantitative estimate of drug-likeness (QED) is 0.741. The molecule has 7 heteroatoms. The molecule has 0 aliphatic carbocycles. The van der Waals surface area contributed by atoms with Crippen molar-refractivity contribution in [1.82, 2.24) is 19.5 Å². The third kappa shape index (κ3) is 3.57. The average molecular weight is 280 g/mol. The summed E-state index contributed by atoms with van der Waals surface area (Å²) in [4.78, 5) is 12.4. The summed E-state index contributed by atoms with van der Waals surface area (Å²) in [5, 5.41) is 0.627. The molecule has 104 valence electrons. The highest BCUT2D eigenvalue weighted by Gasteiger charge is 2.07. The summed E-state index contributed by atoms with van der Waals surface area (Å²) in [5.41, 5.74) is 12.8. The van der Waals surface area contributed by atoms with E-state index in [2.05, 4.69) is 21.9 Å². The molecule has 1 unspecified atom stereocenters. The van der Waals surface area contributed by atoms with E-state index in [1.54, 1.807) is 6.33 Å². The van der Waals surface area contributed by atoms with Crippen molar-refractivity contribution in [3.05, 3.63) is 12.7 Å². The normalized spacial score (nSPS) is 12.9. The molecule has 0 bridgehead atoms. The van der Waals surface area contributed by atoms with E-state index in [9.17, 15) is 0 Å². The van der Waals surface area contributed by atoms with E-state index in [-0.39, 0.29) is 0 Å². The standard InChI is InChI=1S/C12H20N6S/c1-9(3-4-13)19-6-2-5-18-8-17-10-11(14)15-7-16-12(10)18/h7-9H,2-6,13H2,1H3,(H2,14,15,16). The maximum atomic E-state index is 5.75. The van der Waals surface area contributed by atoms with Crippen LogP contribution in [0.15, 0.2) is 12.7 Å². The van der Waals surface area contributed by atoms with Crippen LogP contribution in [0.2, 0.25) is 0 Å². The van der Waals surface area contributed by atoms with E-state index in [1.165, 1.54) is 6.33 Å². The second kappa shape index (κ2) is 6.72. The Morgan fingerprint density at radius 2 is 2.21 bits per heavy atom. The zero-order valence-electron chi connectivity index (χ0n) is 11.1. The maximum absolute atomic E-state index is 5.75. The fourth-order valence-corrected chi connectivity index (χ4v) is 2.90.